The van der Waals surface area contributed by atoms with Crippen LogP contribution in [0.1, 0.15) is 94.1 Å². The fourth-order valence-corrected chi connectivity index (χ4v) is 6.10. The molecule has 6 rings (SSSR count). The predicted octanol–water partition coefficient (Wildman–Crippen LogP) is 6.92. The van der Waals surface area contributed by atoms with Crippen LogP contribution < -0.4 is 10.9 Å². The maximum Gasteiger partial charge on any atom is 0.306 e. The van der Waals surface area contributed by atoms with E-state index in [9.17, 15) is 28.4 Å². The number of hydroxylamine groups is 2. The smallest absolute Gasteiger partial charge is 0.306 e. The Kier molecular flexibility index (Phi) is 10.9. The molecule has 0 saturated heterocycles. The maximum absolute atomic E-state index is 14.0. The molecule has 0 spiro atoms. The van der Waals surface area contributed by atoms with Crippen LogP contribution in [0.5, 0.6) is 0 Å². The number of hydrogen-bond acceptors (Lipinski definition) is 8. The first kappa shape index (κ1) is 37.5. The molecule has 1 aliphatic heterocycles. The average molecular weight is 731 g/mol. The minimum atomic E-state index is -0.918. The number of benzene rings is 4. The first-order valence-electron chi connectivity index (χ1n) is 17.5. The van der Waals surface area contributed by atoms with E-state index in [0.717, 1.165) is 5.56 Å². The number of carbonyl (C=O) groups is 4. The summed E-state index contributed by atoms with van der Waals surface area (Å²) in [6, 6.07) is 22.6. The van der Waals surface area contributed by atoms with Crippen LogP contribution in [0.2, 0.25) is 0 Å². The quantitative estimate of drug-likeness (QED) is 0.0784. The highest BCUT2D eigenvalue weighted by Crippen LogP contribution is 2.25. The van der Waals surface area contributed by atoms with Gasteiger partial charge >= 0.3 is 5.97 Å². The van der Waals surface area contributed by atoms with Gasteiger partial charge in [0.1, 0.15) is 23.8 Å². The molecular weight excluding hydrogens is 691 g/mol. The number of nitrogens with zero attached hydrogens (tertiary/aromatic N) is 3. The van der Waals surface area contributed by atoms with Crippen LogP contribution in [-0.2, 0) is 20.8 Å². The molecule has 1 aromatic heterocycles. The van der Waals surface area contributed by atoms with Crippen LogP contribution in [0.25, 0.3) is 22.7 Å². The number of imide groups is 1. The molecule has 0 fully saturated rings. The molecule has 4 aromatic carbocycles. The fraction of sp³-hybridized carbons (Fsp3) is 0.238. The van der Waals surface area contributed by atoms with Crippen LogP contribution in [0, 0.1) is 5.82 Å². The van der Waals surface area contributed by atoms with Gasteiger partial charge in [-0.05, 0) is 99.3 Å². The Morgan fingerprint density at radius 2 is 1.57 bits per heavy atom. The summed E-state index contributed by atoms with van der Waals surface area (Å²) in [4.78, 5) is 76.5. The molecule has 1 unspecified atom stereocenters. The summed E-state index contributed by atoms with van der Waals surface area (Å²) in [5, 5.41) is 3.79. The summed E-state index contributed by atoms with van der Waals surface area (Å²) in [6.45, 7) is 8.89. The number of hydrogen-bond donors (Lipinski definition) is 1. The topological polar surface area (TPSA) is 137 Å². The van der Waals surface area contributed by atoms with Crippen molar-refractivity contribution >= 4 is 40.7 Å². The van der Waals surface area contributed by atoms with Gasteiger partial charge in [0.05, 0.1) is 33.8 Å². The Labute approximate surface area is 311 Å². The highest BCUT2D eigenvalue weighted by molar-refractivity contribution is 6.20. The number of nitrogens with one attached hydrogen (secondary N) is 1. The number of ether oxygens (including phenoxy) is 1. The minimum Gasteiger partial charge on any atom is -0.460 e. The van der Waals surface area contributed by atoms with Gasteiger partial charge in [-0.15, -0.1) is 5.06 Å². The summed E-state index contributed by atoms with van der Waals surface area (Å²) in [5.74, 6) is -2.20. The molecule has 0 bridgehead atoms. The Bertz CT molecular complexity index is 2280. The number of aryl methyl sites for hydroxylation is 1. The van der Waals surface area contributed by atoms with Gasteiger partial charge in [-0.3, -0.25) is 33.4 Å². The molecule has 5 aromatic rings. The third-order valence-corrected chi connectivity index (χ3v) is 8.74. The lowest BCUT2D eigenvalue weighted by molar-refractivity contribution is -0.154. The number of fused-ring (bicyclic) bond motifs is 2. The van der Waals surface area contributed by atoms with Crippen molar-refractivity contribution in [2.24, 2.45) is 0 Å². The molecular formula is C42H39FN4O7. The lowest BCUT2D eigenvalue weighted by Gasteiger charge is -2.22. The molecule has 12 heteroatoms. The van der Waals surface area contributed by atoms with E-state index in [1.54, 1.807) is 30.3 Å². The highest BCUT2D eigenvalue weighted by atomic mass is 19.1. The van der Waals surface area contributed by atoms with Gasteiger partial charge in [0, 0.05) is 18.4 Å². The molecule has 0 radical (unpaired) electrons. The van der Waals surface area contributed by atoms with Crippen LogP contribution >= 0.6 is 0 Å². The second kappa shape index (κ2) is 15.8. The molecule has 54 heavy (non-hydrogen) atoms. The summed E-state index contributed by atoms with van der Waals surface area (Å²) < 4.78 is 20.8. The SMILES string of the molecule is C=Cc1ccc(-n2c(CCCCC(=O)OC(C)(C)C)nc3cc(C(=O)NC(CON4C(=O)c5ccccc5C4=O)c4ccc(F)cc4)ccc3c2=O)cc1. The van der Waals surface area contributed by atoms with E-state index in [1.165, 1.54) is 59.2 Å². The highest BCUT2D eigenvalue weighted by Gasteiger charge is 2.37. The molecule has 11 nitrogen and oxygen atoms in total. The van der Waals surface area contributed by atoms with Gasteiger partial charge in [0.25, 0.3) is 23.3 Å². The molecule has 1 N–H and O–H groups in total. The monoisotopic (exact) mass is 730 g/mol. The Morgan fingerprint density at radius 3 is 2.20 bits per heavy atom. The second-order valence-electron chi connectivity index (χ2n) is 13.8. The maximum atomic E-state index is 14.0. The van der Waals surface area contributed by atoms with Crippen LogP contribution in [0.15, 0.2) is 102 Å². The number of amides is 3. The van der Waals surface area contributed by atoms with Gasteiger partial charge in [0.2, 0.25) is 0 Å². The van der Waals surface area contributed by atoms with E-state index in [-0.39, 0.29) is 52.1 Å². The zero-order valence-corrected chi connectivity index (χ0v) is 30.1. The average Bonchev–Trinajstić information content (AvgIpc) is 3.39. The normalized spacial score (nSPS) is 13.1. The van der Waals surface area contributed by atoms with Crippen molar-refractivity contribution in [1.82, 2.24) is 19.9 Å². The van der Waals surface area contributed by atoms with E-state index in [2.05, 4.69) is 11.9 Å². The standard InChI is InChI=1S/C42H39FN4O7/c1-5-26-14-21-30(22-15-26)46-36(12-8-9-13-37(48)54-42(2,3)4)44-34-24-28(18-23-33(34)39(46)50)38(49)45-35(27-16-19-29(43)20-17-27)25-53-47-40(51)31-10-6-7-11-32(31)41(47)52/h5-7,10-11,14-24,35H,1,8-9,12-13,25H2,2-4H3,(H,45,49). The summed E-state index contributed by atoms with van der Waals surface area (Å²) in [7, 11) is 0. The van der Waals surface area contributed by atoms with Gasteiger partial charge in [0.15, 0.2) is 0 Å². The van der Waals surface area contributed by atoms with Crippen molar-refractivity contribution in [3.63, 3.8) is 0 Å². The third-order valence-electron chi connectivity index (χ3n) is 8.74. The van der Waals surface area contributed by atoms with E-state index in [0.29, 0.717) is 41.4 Å². The lowest BCUT2D eigenvalue weighted by atomic mass is 10.1. The lowest BCUT2D eigenvalue weighted by Crippen LogP contribution is -2.37. The van der Waals surface area contributed by atoms with Gasteiger partial charge in [-0.1, -0.05) is 49.1 Å². The second-order valence-corrected chi connectivity index (χ2v) is 13.8. The summed E-state index contributed by atoms with van der Waals surface area (Å²) in [5.41, 5.74) is 1.86. The number of esters is 1. The molecule has 3 amide bonds. The molecule has 1 atom stereocenters. The van der Waals surface area contributed by atoms with E-state index in [1.807, 2.05) is 32.9 Å². The number of rotatable bonds is 13. The number of carbonyl (C=O) groups excluding carboxylic acids is 4. The third kappa shape index (κ3) is 8.34. The largest absolute Gasteiger partial charge is 0.460 e. The van der Waals surface area contributed by atoms with Crippen molar-refractivity contribution in [1.29, 1.82) is 0 Å². The molecule has 2 heterocycles. The fourth-order valence-electron chi connectivity index (χ4n) is 6.10. The van der Waals surface area contributed by atoms with E-state index < -0.39 is 35.2 Å². The zero-order chi connectivity index (χ0) is 38.6. The first-order chi connectivity index (χ1) is 25.8. The van der Waals surface area contributed by atoms with Crippen molar-refractivity contribution in [3.05, 3.63) is 147 Å². The zero-order valence-electron chi connectivity index (χ0n) is 30.1. The predicted molar refractivity (Wildman–Crippen MR) is 200 cm³/mol. The summed E-state index contributed by atoms with van der Waals surface area (Å²) in [6.07, 6.45) is 3.31. The Balaban J connectivity index is 1.27. The van der Waals surface area contributed by atoms with Gasteiger partial charge in [-0.2, -0.15) is 0 Å². The molecule has 276 valence electrons. The first-order valence-corrected chi connectivity index (χ1v) is 17.5. The van der Waals surface area contributed by atoms with Crippen molar-refractivity contribution in [3.8, 4) is 5.69 Å². The van der Waals surface area contributed by atoms with Gasteiger partial charge < -0.3 is 10.1 Å². The van der Waals surface area contributed by atoms with E-state index >= 15 is 0 Å². The summed E-state index contributed by atoms with van der Waals surface area (Å²) >= 11 is 0. The Hall–Kier alpha value is -6.27. The molecule has 0 aliphatic carbocycles. The molecule has 0 saturated carbocycles. The molecule has 1 aliphatic rings. The Morgan fingerprint density at radius 1 is 0.907 bits per heavy atom. The van der Waals surface area contributed by atoms with Crippen molar-refractivity contribution in [2.75, 3.05) is 6.61 Å². The number of aromatic nitrogens is 2. The van der Waals surface area contributed by atoms with Crippen LogP contribution in [-0.4, -0.2) is 50.5 Å². The van der Waals surface area contributed by atoms with E-state index in [4.69, 9.17) is 14.6 Å². The minimum absolute atomic E-state index is 0.172. The van der Waals surface area contributed by atoms with Crippen molar-refractivity contribution in [2.45, 2.75) is 58.1 Å². The van der Waals surface area contributed by atoms with Crippen molar-refractivity contribution < 1.29 is 33.1 Å². The van der Waals surface area contributed by atoms with Crippen LogP contribution in [0.3, 0.4) is 0 Å². The van der Waals surface area contributed by atoms with Gasteiger partial charge in [-0.25, -0.2) is 9.37 Å². The number of unbranched alkanes of at least 4 members (excludes halogenated alkanes) is 1. The van der Waals surface area contributed by atoms with Crippen LogP contribution in [0.4, 0.5) is 4.39 Å². The number of halogens is 1.